The van der Waals surface area contributed by atoms with Crippen molar-refractivity contribution in [2.45, 2.75) is 37.7 Å². The highest BCUT2D eigenvalue weighted by Gasteiger charge is 2.25. The van der Waals surface area contributed by atoms with Gasteiger partial charge in [-0.05, 0) is 31.0 Å². The van der Waals surface area contributed by atoms with Crippen molar-refractivity contribution in [1.29, 1.82) is 0 Å². The number of sulfonamides is 1. The first-order valence-corrected chi connectivity index (χ1v) is 8.29. The highest BCUT2D eigenvalue weighted by atomic mass is 32.2. The Balaban J connectivity index is 3.15. The summed E-state index contributed by atoms with van der Waals surface area (Å²) in [6.07, 6.45) is 0.682. The van der Waals surface area contributed by atoms with E-state index >= 15 is 0 Å². The van der Waals surface area contributed by atoms with E-state index in [0.717, 1.165) is 10.7 Å². The average molecular weight is 314 g/mol. The Labute approximate surface area is 125 Å². The Bertz CT molecular complexity index is 584. The van der Waals surface area contributed by atoms with E-state index in [1.54, 1.807) is 19.1 Å². The number of nitrogens with zero attached hydrogens (tertiary/aromatic N) is 1. The second kappa shape index (κ2) is 7.53. The number of aliphatic hydroxyl groups excluding tert-OH is 1. The minimum atomic E-state index is -3.80. The Morgan fingerprint density at radius 2 is 2.10 bits per heavy atom. The van der Waals surface area contributed by atoms with Crippen LogP contribution in [0, 0.1) is 0 Å². The Kier molecular flexibility index (Phi) is 6.32. The van der Waals surface area contributed by atoms with Crippen molar-refractivity contribution < 1.29 is 18.3 Å². The van der Waals surface area contributed by atoms with Gasteiger partial charge in [-0.3, -0.25) is 4.79 Å². The number of hydrogen-bond acceptors (Lipinski definition) is 4. The number of unbranched alkanes of at least 4 members (excludes halogenated alkanes) is 1. The van der Waals surface area contributed by atoms with E-state index < -0.39 is 22.0 Å². The van der Waals surface area contributed by atoms with E-state index in [0.29, 0.717) is 12.0 Å². The van der Waals surface area contributed by atoms with E-state index in [4.69, 9.17) is 5.73 Å². The van der Waals surface area contributed by atoms with Crippen LogP contribution in [-0.4, -0.2) is 36.8 Å². The predicted octanol–water partition coefficient (Wildman–Crippen LogP) is 1.02. The molecule has 0 spiro atoms. The molecule has 3 N–H and O–H groups in total. The van der Waals surface area contributed by atoms with Gasteiger partial charge >= 0.3 is 0 Å². The molecule has 21 heavy (non-hydrogen) atoms. The normalized spacial score (nSPS) is 13.3. The van der Waals surface area contributed by atoms with E-state index in [1.807, 2.05) is 6.92 Å². The molecule has 1 amide bonds. The van der Waals surface area contributed by atoms with Gasteiger partial charge in [0.05, 0.1) is 17.5 Å². The average Bonchev–Trinajstić information content (AvgIpc) is 2.43. The van der Waals surface area contributed by atoms with Crippen LogP contribution >= 0.6 is 0 Å². The van der Waals surface area contributed by atoms with Crippen LogP contribution < -0.4 is 5.73 Å². The SMILES string of the molecule is CCCCN(CC(N)=O)S(=O)(=O)c1cccc(C(C)O)c1. The summed E-state index contributed by atoms with van der Waals surface area (Å²) in [5.74, 6) is -0.693. The molecule has 0 radical (unpaired) electrons. The molecule has 1 aromatic rings. The Hall–Kier alpha value is -1.44. The van der Waals surface area contributed by atoms with Crippen molar-refractivity contribution >= 4 is 15.9 Å². The third-order valence-electron chi connectivity index (χ3n) is 3.07. The summed E-state index contributed by atoms with van der Waals surface area (Å²) >= 11 is 0. The molecule has 0 aliphatic heterocycles. The molecular formula is C14H22N2O4S. The molecule has 0 aromatic heterocycles. The summed E-state index contributed by atoms with van der Waals surface area (Å²) in [5, 5.41) is 9.56. The molecule has 0 fully saturated rings. The molecule has 0 aliphatic rings. The number of amides is 1. The van der Waals surface area contributed by atoms with Gasteiger partial charge in [0.1, 0.15) is 0 Å². The maximum atomic E-state index is 12.6. The summed E-state index contributed by atoms with van der Waals surface area (Å²) in [4.78, 5) is 11.2. The molecule has 1 atom stereocenters. The van der Waals surface area contributed by atoms with Crippen LogP contribution in [0.2, 0.25) is 0 Å². The van der Waals surface area contributed by atoms with Crippen LogP contribution in [0.3, 0.4) is 0 Å². The molecular weight excluding hydrogens is 292 g/mol. The monoisotopic (exact) mass is 314 g/mol. The molecule has 1 aromatic carbocycles. The molecule has 0 saturated heterocycles. The molecule has 0 heterocycles. The number of primary amides is 1. The standard InChI is InChI=1S/C14H22N2O4S/c1-3-4-8-16(10-14(15)18)21(19,20)13-7-5-6-12(9-13)11(2)17/h5-7,9,11,17H,3-4,8,10H2,1-2H3,(H2,15,18). The highest BCUT2D eigenvalue weighted by Crippen LogP contribution is 2.20. The lowest BCUT2D eigenvalue weighted by Gasteiger charge is -2.21. The second-order valence-corrected chi connectivity index (χ2v) is 6.84. The third kappa shape index (κ3) is 4.80. The van der Waals surface area contributed by atoms with Gasteiger partial charge in [0, 0.05) is 6.54 Å². The van der Waals surface area contributed by atoms with Gasteiger partial charge in [-0.25, -0.2) is 8.42 Å². The van der Waals surface area contributed by atoms with E-state index in [1.165, 1.54) is 12.1 Å². The lowest BCUT2D eigenvalue weighted by atomic mass is 10.1. The number of aliphatic hydroxyl groups is 1. The highest BCUT2D eigenvalue weighted by molar-refractivity contribution is 7.89. The van der Waals surface area contributed by atoms with Gasteiger partial charge in [-0.2, -0.15) is 4.31 Å². The van der Waals surface area contributed by atoms with Gasteiger partial charge in [0.15, 0.2) is 0 Å². The summed E-state index contributed by atoms with van der Waals surface area (Å²) < 4.78 is 26.3. The molecule has 6 nitrogen and oxygen atoms in total. The topological polar surface area (TPSA) is 101 Å². The van der Waals surface area contributed by atoms with Crippen LogP contribution in [0.15, 0.2) is 29.2 Å². The number of hydrogen-bond donors (Lipinski definition) is 2. The quantitative estimate of drug-likeness (QED) is 0.748. The number of benzene rings is 1. The summed E-state index contributed by atoms with van der Waals surface area (Å²) in [7, 11) is -3.80. The maximum Gasteiger partial charge on any atom is 0.243 e. The summed E-state index contributed by atoms with van der Waals surface area (Å²) in [6, 6.07) is 6.08. The Morgan fingerprint density at radius 3 is 2.62 bits per heavy atom. The summed E-state index contributed by atoms with van der Waals surface area (Å²) in [6.45, 7) is 3.38. The van der Waals surface area contributed by atoms with Gasteiger partial charge in [-0.1, -0.05) is 25.5 Å². The largest absolute Gasteiger partial charge is 0.389 e. The third-order valence-corrected chi connectivity index (χ3v) is 4.91. The first kappa shape index (κ1) is 17.6. The number of nitrogens with two attached hydrogens (primary N) is 1. The molecule has 7 heteroatoms. The van der Waals surface area contributed by atoms with E-state index in [2.05, 4.69) is 0 Å². The fourth-order valence-corrected chi connectivity index (χ4v) is 3.38. The van der Waals surface area contributed by atoms with Crippen molar-refractivity contribution in [1.82, 2.24) is 4.31 Å². The lowest BCUT2D eigenvalue weighted by Crippen LogP contribution is -2.39. The molecule has 1 unspecified atom stereocenters. The lowest BCUT2D eigenvalue weighted by molar-refractivity contribution is -0.118. The van der Waals surface area contributed by atoms with E-state index in [9.17, 15) is 18.3 Å². The van der Waals surface area contributed by atoms with Crippen LogP contribution in [0.25, 0.3) is 0 Å². The zero-order chi connectivity index (χ0) is 16.0. The smallest absolute Gasteiger partial charge is 0.243 e. The maximum absolute atomic E-state index is 12.6. The van der Waals surface area contributed by atoms with Crippen LogP contribution in [0.1, 0.15) is 38.4 Å². The minimum absolute atomic E-state index is 0.0539. The van der Waals surface area contributed by atoms with Crippen molar-refractivity contribution in [2.24, 2.45) is 5.73 Å². The first-order valence-electron chi connectivity index (χ1n) is 6.85. The predicted molar refractivity (Wildman–Crippen MR) is 79.9 cm³/mol. The molecule has 1 rings (SSSR count). The molecule has 0 saturated carbocycles. The van der Waals surface area contributed by atoms with Gasteiger partial charge < -0.3 is 10.8 Å². The van der Waals surface area contributed by atoms with Crippen LogP contribution in [0.4, 0.5) is 0 Å². The summed E-state index contributed by atoms with van der Waals surface area (Å²) in [5.41, 5.74) is 5.64. The molecule has 118 valence electrons. The van der Waals surface area contributed by atoms with Crippen molar-refractivity contribution in [2.75, 3.05) is 13.1 Å². The number of rotatable bonds is 8. The first-order chi connectivity index (χ1) is 9.78. The molecule has 0 aliphatic carbocycles. The zero-order valence-corrected chi connectivity index (χ0v) is 13.1. The van der Waals surface area contributed by atoms with Crippen molar-refractivity contribution in [3.05, 3.63) is 29.8 Å². The van der Waals surface area contributed by atoms with Gasteiger partial charge in [0.25, 0.3) is 0 Å². The second-order valence-electron chi connectivity index (χ2n) is 4.91. The van der Waals surface area contributed by atoms with Crippen molar-refractivity contribution in [3.8, 4) is 0 Å². The van der Waals surface area contributed by atoms with Crippen molar-refractivity contribution in [3.63, 3.8) is 0 Å². The van der Waals surface area contributed by atoms with Crippen LogP contribution in [0.5, 0.6) is 0 Å². The number of carbonyl (C=O) groups excluding carboxylic acids is 1. The number of carbonyl (C=O) groups is 1. The van der Waals surface area contributed by atoms with Gasteiger partial charge in [-0.15, -0.1) is 0 Å². The Morgan fingerprint density at radius 1 is 1.43 bits per heavy atom. The zero-order valence-electron chi connectivity index (χ0n) is 12.3. The minimum Gasteiger partial charge on any atom is -0.389 e. The fraction of sp³-hybridized carbons (Fsp3) is 0.500. The van der Waals surface area contributed by atoms with Gasteiger partial charge in [0.2, 0.25) is 15.9 Å². The van der Waals surface area contributed by atoms with Crippen LogP contribution in [-0.2, 0) is 14.8 Å². The molecule has 0 bridgehead atoms. The van der Waals surface area contributed by atoms with E-state index in [-0.39, 0.29) is 18.0 Å². The fourth-order valence-electron chi connectivity index (χ4n) is 1.88.